The zero-order chi connectivity index (χ0) is 20.7. The predicted molar refractivity (Wildman–Crippen MR) is 70.0 cm³/mol. The van der Waals surface area contributed by atoms with Gasteiger partial charge in [-0.05, 0) is 12.8 Å². The minimum absolute atomic E-state index is 0. The Morgan fingerprint density at radius 1 is 0.741 bits per heavy atom. The molecule has 0 bridgehead atoms. The number of hydrogen-bond donors (Lipinski definition) is 0. The number of halogens is 9. The van der Waals surface area contributed by atoms with Crippen molar-refractivity contribution in [3.8, 4) is 0 Å². The van der Waals surface area contributed by atoms with Crippen LogP contribution in [-0.4, -0.2) is 75.6 Å². The summed E-state index contributed by atoms with van der Waals surface area (Å²) in [5, 5.41) is 0. The van der Waals surface area contributed by atoms with E-state index >= 15 is 0 Å². The molecule has 0 spiro atoms. The van der Waals surface area contributed by atoms with Crippen molar-refractivity contribution in [2.75, 3.05) is 13.3 Å². The molecule has 0 aromatic carbocycles. The van der Waals surface area contributed by atoms with Gasteiger partial charge in [-0.25, -0.2) is 43.5 Å². The first-order valence-electron chi connectivity index (χ1n) is 7.12. The van der Waals surface area contributed by atoms with Gasteiger partial charge in [0.1, 0.15) is 6.17 Å². The first-order chi connectivity index (χ1) is 11.8. The monoisotopic (exact) mass is 450 g/mol. The zero-order valence-electron chi connectivity index (χ0n) is 13.9. The molecule has 158 valence electrons. The van der Waals surface area contributed by atoms with Crippen LogP contribution in [0, 0.1) is 0 Å². The second-order valence-electron chi connectivity index (χ2n) is 5.22. The Bertz CT molecular complexity index is 503. The molecule has 8 atom stereocenters. The summed E-state index contributed by atoms with van der Waals surface area (Å²) in [5.74, 6) is 0. The third kappa shape index (κ3) is 10.5. The van der Waals surface area contributed by atoms with Crippen molar-refractivity contribution in [1.82, 2.24) is 0 Å². The first-order valence-corrected chi connectivity index (χ1v) is 8.45. The average Bonchev–Trinajstić information content (AvgIpc) is 2.59. The molecule has 27 heavy (non-hydrogen) atoms. The Morgan fingerprint density at radius 2 is 1.11 bits per heavy atom. The van der Waals surface area contributed by atoms with E-state index in [0.29, 0.717) is 0 Å². The third-order valence-corrected chi connectivity index (χ3v) is 3.62. The Morgan fingerprint density at radius 3 is 1.48 bits per heavy atom. The molecule has 0 aromatic heterocycles. The minimum Gasteiger partial charge on any atom is -0.726 e. The second-order valence-corrected chi connectivity index (χ2v) is 6.27. The Kier molecular flexibility index (Phi) is 14.7. The third-order valence-electron chi connectivity index (χ3n) is 3.20. The van der Waals surface area contributed by atoms with Gasteiger partial charge < -0.3 is 4.55 Å². The normalized spacial score (nSPS) is 21.3. The van der Waals surface area contributed by atoms with Crippen LogP contribution in [0.1, 0.15) is 12.8 Å². The summed E-state index contributed by atoms with van der Waals surface area (Å²) in [7, 11) is -5.48. The van der Waals surface area contributed by atoms with Gasteiger partial charge in [0.2, 0.25) is 10.4 Å². The van der Waals surface area contributed by atoms with Gasteiger partial charge >= 0.3 is 29.6 Å². The maximum absolute atomic E-state index is 13.4. The topological polar surface area (TPSA) is 66.4 Å². The molecule has 0 amide bonds. The molecule has 0 rings (SSSR count). The van der Waals surface area contributed by atoms with E-state index in [9.17, 15) is 52.5 Å². The van der Waals surface area contributed by atoms with Gasteiger partial charge in [0.15, 0.2) is 43.2 Å². The predicted octanol–water partition coefficient (Wildman–Crippen LogP) is -0.0783. The van der Waals surface area contributed by atoms with E-state index in [0.717, 1.165) is 0 Å². The summed E-state index contributed by atoms with van der Waals surface area (Å²) >= 11 is 0. The minimum atomic E-state index is -5.48. The Labute approximate surface area is 172 Å². The Balaban J connectivity index is 0. The molecule has 0 saturated carbocycles. The summed E-state index contributed by atoms with van der Waals surface area (Å²) < 4.78 is 152. The van der Waals surface area contributed by atoms with Gasteiger partial charge in [0.05, 0.1) is 13.3 Å². The van der Waals surface area contributed by atoms with Crippen LogP contribution in [0.5, 0.6) is 0 Å². The fourth-order valence-corrected chi connectivity index (χ4v) is 2.07. The number of hydrogen-bond acceptors (Lipinski definition) is 4. The largest absolute Gasteiger partial charge is 1.00 e. The van der Waals surface area contributed by atoms with Crippen molar-refractivity contribution in [2.24, 2.45) is 0 Å². The quantitative estimate of drug-likeness (QED) is 0.171. The van der Waals surface area contributed by atoms with Crippen LogP contribution in [-0.2, 0) is 14.6 Å². The molecule has 8 unspecified atom stereocenters. The molecule has 0 aliphatic rings. The van der Waals surface area contributed by atoms with Crippen molar-refractivity contribution < 1.29 is 86.2 Å². The molecule has 0 N–H and O–H groups in total. The molecule has 0 aliphatic carbocycles. The first kappa shape index (κ1) is 29.4. The SMILES string of the molecule is O=S(=O)([O-])OCC(F)C(F)C(F)C(F)C(F)C(F)C(F)C(F)CCCF.[Na+]. The molecule has 4 nitrogen and oxygen atoms in total. The van der Waals surface area contributed by atoms with Crippen molar-refractivity contribution in [3.05, 3.63) is 0 Å². The maximum Gasteiger partial charge on any atom is 1.00 e. The van der Waals surface area contributed by atoms with Gasteiger partial charge in [-0.1, -0.05) is 0 Å². The molecule has 0 radical (unpaired) electrons. The summed E-state index contributed by atoms with van der Waals surface area (Å²) in [5.41, 5.74) is 0. The van der Waals surface area contributed by atoms with Crippen LogP contribution in [0.3, 0.4) is 0 Å². The molecule has 0 aromatic rings. The molecule has 0 heterocycles. The van der Waals surface area contributed by atoms with Crippen LogP contribution in [0.4, 0.5) is 39.5 Å². The molecule has 0 saturated heterocycles. The molecule has 0 fully saturated rings. The van der Waals surface area contributed by atoms with Crippen LogP contribution in [0.15, 0.2) is 0 Å². The zero-order valence-corrected chi connectivity index (χ0v) is 16.7. The molecular formula is C12H16F9NaO4S. The standard InChI is InChI=1S/C12H17F9O4S.Na/c13-3-1-2-5(14)7(16)9(18)11(20)12(21)10(19)8(17)6(15)4-25-26(22,23)24;/h5-12H,1-4H2,(H,22,23,24);/q;+1/p-1. The summed E-state index contributed by atoms with van der Waals surface area (Å²) in [6.45, 7) is -2.96. The van der Waals surface area contributed by atoms with Gasteiger partial charge in [-0.2, -0.15) is 0 Å². The average molecular weight is 450 g/mol. The van der Waals surface area contributed by atoms with Crippen LogP contribution < -0.4 is 29.6 Å². The van der Waals surface area contributed by atoms with Crippen LogP contribution >= 0.6 is 0 Å². The van der Waals surface area contributed by atoms with E-state index < -0.39 is 85.9 Å². The van der Waals surface area contributed by atoms with Gasteiger partial charge in [-0.15, -0.1) is 0 Å². The van der Waals surface area contributed by atoms with E-state index in [2.05, 4.69) is 4.18 Å². The van der Waals surface area contributed by atoms with E-state index in [1.807, 2.05) is 0 Å². The van der Waals surface area contributed by atoms with Crippen molar-refractivity contribution in [3.63, 3.8) is 0 Å². The summed E-state index contributed by atoms with van der Waals surface area (Å²) in [6.07, 6.45) is -29.2. The molecular weight excluding hydrogens is 434 g/mol. The van der Waals surface area contributed by atoms with Crippen LogP contribution in [0.2, 0.25) is 0 Å². The number of alkyl halides is 9. The second kappa shape index (κ2) is 13.5. The van der Waals surface area contributed by atoms with Crippen LogP contribution in [0.25, 0.3) is 0 Å². The van der Waals surface area contributed by atoms with E-state index in [1.165, 1.54) is 0 Å². The van der Waals surface area contributed by atoms with E-state index in [1.54, 1.807) is 0 Å². The fourth-order valence-electron chi connectivity index (χ4n) is 1.77. The van der Waals surface area contributed by atoms with E-state index in [-0.39, 0.29) is 29.6 Å². The summed E-state index contributed by atoms with van der Waals surface area (Å²) in [6, 6.07) is 0. The van der Waals surface area contributed by atoms with Gasteiger partial charge in [-0.3, -0.25) is 8.57 Å². The Hall–Kier alpha value is 0.240. The number of rotatable bonds is 13. The maximum atomic E-state index is 13.4. The van der Waals surface area contributed by atoms with E-state index in [4.69, 9.17) is 0 Å². The van der Waals surface area contributed by atoms with Gasteiger partial charge in [0.25, 0.3) is 0 Å². The van der Waals surface area contributed by atoms with Gasteiger partial charge in [0, 0.05) is 0 Å². The molecule has 15 heteroatoms. The fraction of sp³-hybridized carbons (Fsp3) is 1.00. The van der Waals surface area contributed by atoms with Crippen molar-refractivity contribution in [1.29, 1.82) is 0 Å². The van der Waals surface area contributed by atoms with Crippen molar-refractivity contribution >= 4 is 10.4 Å². The smallest absolute Gasteiger partial charge is 0.726 e. The van der Waals surface area contributed by atoms with Crippen molar-refractivity contribution in [2.45, 2.75) is 62.2 Å². The summed E-state index contributed by atoms with van der Waals surface area (Å²) in [4.78, 5) is 0. The molecule has 0 aliphatic heterocycles.